The second-order valence-electron chi connectivity index (χ2n) is 3.50. The molecule has 3 atom stereocenters. The molecule has 0 amide bonds. The first-order valence-electron chi connectivity index (χ1n) is 4.00. The smallest absolute Gasteiger partial charge is 0.381 e. The van der Waals surface area contributed by atoms with Crippen molar-refractivity contribution in [2.45, 2.75) is 19.3 Å². The van der Waals surface area contributed by atoms with Crippen LogP contribution in [0.15, 0.2) is 0 Å². The van der Waals surface area contributed by atoms with Crippen molar-refractivity contribution in [3.8, 4) is 11.8 Å². The van der Waals surface area contributed by atoms with E-state index in [9.17, 15) is 4.79 Å². The standard InChI is InChI=1S/C9H10O2/c10-9(11)2-1-6-3-7-5-8(7)4-6/h6-8H,3-5H2,(H,10,11)/t6?,7-,8+. The molecule has 0 aromatic carbocycles. The van der Waals surface area contributed by atoms with Crippen LogP contribution in [-0.2, 0) is 4.79 Å². The lowest BCUT2D eigenvalue weighted by Gasteiger charge is -1.99. The van der Waals surface area contributed by atoms with E-state index in [-0.39, 0.29) is 0 Å². The lowest BCUT2D eigenvalue weighted by atomic mass is 10.0. The van der Waals surface area contributed by atoms with Gasteiger partial charge >= 0.3 is 5.97 Å². The third-order valence-electron chi connectivity index (χ3n) is 2.63. The van der Waals surface area contributed by atoms with Crippen LogP contribution in [0, 0.1) is 29.6 Å². The summed E-state index contributed by atoms with van der Waals surface area (Å²) in [5.41, 5.74) is 0. The quantitative estimate of drug-likeness (QED) is 0.525. The number of carboxylic acids is 1. The Labute approximate surface area is 65.6 Å². The first-order valence-corrected chi connectivity index (χ1v) is 4.00. The maximum Gasteiger partial charge on any atom is 0.381 e. The average Bonchev–Trinajstić information content (AvgIpc) is 2.56. The van der Waals surface area contributed by atoms with Crippen LogP contribution in [0.3, 0.4) is 0 Å². The summed E-state index contributed by atoms with van der Waals surface area (Å²) >= 11 is 0. The van der Waals surface area contributed by atoms with Crippen LogP contribution >= 0.6 is 0 Å². The first-order chi connectivity index (χ1) is 5.25. The minimum Gasteiger partial charge on any atom is -0.472 e. The number of carboxylic acid groups (broad SMARTS) is 1. The highest BCUT2D eigenvalue weighted by Gasteiger charge is 2.45. The molecule has 0 radical (unpaired) electrons. The summed E-state index contributed by atoms with van der Waals surface area (Å²) in [5, 5.41) is 8.28. The van der Waals surface area contributed by atoms with Crippen LogP contribution in [0.25, 0.3) is 0 Å². The molecule has 1 N–H and O–H groups in total. The van der Waals surface area contributed by atoms with Gasteiger partial charge in [-0.3, -0.25) is 0 Å². The van der Waals surface area contributed by atoms with Crippen molar-refractivity contribution in [1.29, 1.82) is 0 Å². The van der Waals surface area contributed by atoms with Crippen LogP contribution in [0.1, 0.15) is 19.3 Å². The molecule has 0 heterocycles. The maximum absolute atomic E-state index is 10.1. The van der Waals surface area contributed by atoms with Crippen molar-refractivity contribution in [1.82, 2.24) is 0 Å². The number of carbonyl (C=O) groups is 1. The lowest BCUT2D eigenvalue weighted by molar-refractivity contribution is -0.130. The van der Waals surface area contributed by atoms with E-state index in [1.54, 1.807) is 0 Å². The zero-order chi connectivity index (χ0) is 7.84. The Kier molecular flexibility index (Phi) is 1.38. The fourth-order valence-corrected chi connectivity index (χ4v) is 2.00. The third kappa shape index (κ3) is 1.37. The molecule has 58 valence electrons. The molecule has 0 spiro atoms. The molecule has 1 unspecified atom stereocenters. The summed E-state index contributed by atoms with van der Waals surface area (Å²) in [6, 6.07) is 0. The molecule has 0 aliphatic heterocycles. The van der Waals surface area contributed by atoms with Gasteiger partial charge in [-0.2, -0.15) is 0 Å². The van der Waals surface area contributed by atoms with Gasteiger partial charge in [0.15, 0.2) is 0 Å². The van der Waals surface area contributed by atoms with Crippen molar-refractivity contribution in [2.75, 3.05) is 0 Å². The van der Waals surface area contributed by atoms with E-state index in [4.69, 9.17) is 5.11 Å². The second kappa shape index (κ2) is 2.27. The molecule has 2 saturated carbocycles. The number of hydrogen-bond acceptors (Lipinski definition) is 1. The minimum atomic E-state index is -0.995. The zero-order valence-electron chi connectivity index (χ0n) is 6.21. The predicted molar refractivity (Wildman–Crippen MR) is 39.7 cm³/mol. The molecule has 2 rings (SSSR count). The largest absolute Gasteiger partial charge is 0.472 e. The van der Waals surface area contributed by atoms with Gasteiger partial charge in [-0.05, 0) is 31.1 Å². The summed E-state index contributed by atoms with van der Waals surface area (Å²) < 4.78 is 0. The van der Waals surface area contributed by atoms with E-state index in [1.807, 2.05) is 0 Å². The van der Waals surface area contributed by atoms with Crippen LogP contribution in [-0.4, -0.2) is 11.1 Å². The third-order valence-corrected chi connectivity index (χ3v) is 2.63. The lowest BCUT2D eigenvalue weighted by Crippen LogP contribution is -1.95. The molecule has 2 heteroatoms. The van der Waals surface area contributed by atoms with Gasteiger partial charge in [-0.15, -0.1) is 0 Å². The summed E-state index contributed by atoms with van der Waals surface area (Å²) in [6.07, 6.45) is 3.65. The fraction of sp³-hybridized carbons (Fsp3) is 0.667. The molecular formula is C9H10O2. The van der Waals surface area contributed by atoms with Crippen molar-refractivity contribution >= 4 is 5.97 Å². The summed E-state index contributed by atoms with van der Waals surface area (Å²) in [7, 11) is 0. The number of fused-ring (bicyclic) bond motifs is 1. The van der Waals surface area contributed by atoms with Crippen molar-refractivity contribution in [3.63, 3.8) is 0 Å². The SMILES string of the molecule is O=C(O)C#CC1C[C@@H]2C[C@@H]2C1. The first kappa shape index (κ1) is 6.72. The minimum absolute atomic E-state index is 0.384. The summed E-state index contributed by atoms with van der Waals surface area (Å²) in [6.45, 7) is 0. The molecule has 0 aromatic heterocycles. The highest BCUT2D eigenvalue weighted by atomic mass is 16.4. The fourth-order valence-electron chi connectivity index (χ4n) is 2.00. The van der Waals surface area contributed by atoms with Gasteiger partial charge in [0.25, 0.3) is 0 Å². The maximum atomic E-state index is 10.1. The monoisotopic (exact) mass is 150 g/mol. The molecule has 0 bridgehead atoms. The molecule has 2 aliphatic rings. The van der Waals surface area contributed by atoms with Gasteiger partial charge in [0.05, 0.1) is 0 Å². The Morgan fingerprint density at radius 1 is 1.27 bits per heavy atom. The van der Waals surface area contributed by atoms with E-state index >= 15 is 0 Å². The normalized spacial score (nSPS) is 38.7. The van der Waals surface area contributed by atoms with Crippen LogP contribution < -0.4 is 0 Å². The van der Waals surface area contributed by atoms with Gasteiger partial charge < -0.3 is 5.11 Å². The van der Waals surface area contributed by atoms with Crippen LogP contribution in [0.2, 0.25) is 0 Å². The van der Waals surface area contributed by atoms with Gasteiger partial charge in [0, 0.05) is 11.8 Å². The van der Waals surface area contributed by atoms with Gasteiger partial charge in [-0.25, -0.2) is 4.79 Å². The zero-order valence-corrected chi connectivity index (χ0v) is 6.21. The van der Waals surface area contributed by atoms with Crippen molar-refractivity contribution in [3.05, 3.63) is 0 Å². The Bertz CT molecular complexity index is 236. The van der Waals surface area contributed by atoms with E-state index in [0.29, 0.717) is 5.92 Å². The average molecular weight is 150 g/mol. The number of hydrogen-bond donors (Lipinski definition) is 1. The van der Waals surface area contributed by atoms with E-state index in [1.165, 1.54) is 6.42 Å². The van der Waals surface area contributed by atoms with Crippen LogP contribution in [0.4, 0.5) is 0 Å². The Morgan fingerprint density at radius 2 is 1.91 bits per heavy atom. The van der Waals surface area contributed by atoms with E-state index < -0.39 is 5.97 Å². The molecule has 2 nitrogen and oxygen atoms in total. The Balaban J connectivity index is 1.90. The van der Waals surface area contributed by atoms with Crippen molar-refractivity contribution < 1.29 is 9.90 Å². The molecule has 0 aromatic rings. The molecule has 2 fully saturated rings. The van der Waals surface area contributed by atoms with Gasteiger partial charge in [0.2, 0.25) is 0 Å². The summed E-state index contributed by atoms with van der Waals surface area (Å²) in [4.78, 5) is 10.1. The van der Waals surface area contributed by atoms with Crippen LogP contribution in [0.5, 0.6) is 0 Å². The highest BCUT2D eigenvalue weighted by molar-refractivity contribution is 5.86. The van der Waals surface area contributed by atoms with E-state index in [0.717, 1.165) is 24.7 Å². The molecular weight excluding hydrogens is 140 g/mol. The second-order valence-corrected chi connectivity index (χ2v) is 3.50. The van der Waals surface area contributed by atoms with Crippen molar-refractivity contribution in [2.24, 2.45) is 17.8 Å². The topological polar surface area (TPSA) is 37.3 Å². The number of aliphatic carboxylic acids is 1. The number of rotatable bonds is 0. The summed E-state index contributed by atoms with van der Waals surface area (Å²) in [5.74, 6) is 6.16. The van der Waals surface area contributed by atoms with E-state index in [2.05, 4.69) is 11.8 Å². The highest BCUT2D eigenvalue weighted by Crippen LogP contribution is 2.54. The molecule has 2 aliphatic carbocycles. The van der Waals surface area contributed by atoms with Gasteiger partial charge in [0.1, 0.15) is 0 Å². The Hall–Kier alpha value is -0.970. The Morgan fingerprint density at radius 3 is 2.45 bits per heavy atom. The molecule has 0 saturated heterocycles. The van der Waals surface area contributed by atoms with Gasteiger partial charge in [-0.1, -0.05) is 5.92 Å². The predicted octanol–water partition coefficient (Wildman–Crippen LogP) is 1.12. The molecule has 11 heavy (non-hydrogen) atoms.